The number of hydrogen-bond acceptors (Lipinski definition) is 2. The van der Waals surface area contributed by atoms with Crippen LogP contribution in [0, 0.1) is 5.92 Å². The molecule has 1 aliphatic heterocycles. The largest absolute Gasteiger partial charge is 0.325 e. The van der Waals surface area contributed by atoms with E-state index in [1.165, 1.54) is 6.42 Å². The summed E-state index contributed by atoms with van der Waals surface area (Å²) in [5, 5.41) is 6.85. The van der Waals surface area contributed by atoms with E-state index in [1.807, 2.05) is 0 Å². The zero-order valence-corrected chi connectivity index (χ0v) is 12.4. The van der Waals surface area contributed by atoms with Gasteiger partial charge in [-0.1, -0.05) is 11.6 Å². The normalized spacial score (nSPS) is 18.9. The predicted octanol–water partition coefficient (Wildman–Crippen LogP) is 3.43. The summed E-state index contributed by atoms with van der Waals surface area (Å²) in [6.07, 6.45) is 2.70. The molecule has 5 heteroatoms. The molecule has 1 heterocycles. The van der Waals surface area contributed by atoms with Crippen LogP contribution in [0.4, 0.5) is 5.69 Å². The number of nitrogens with one attached hydrogen (secondary N) is 2. The van der Waals surface area contributed by atoms with Gasteiger partial charge in [-0.2, -0.15) is 0 Å². The van der Waals surface area contributed by atoms with Crippen LogP contribution >= 0.6 is 27.5 Å². The first-order chi connectivity index (χ1) is 8.65. The molecular weight excluding hydrogens is 316 g/mol. The molecule has 3 nitrogen and oxygen atoms in total. The Morgan fingerprint density at radius 1 is 1.56 bits per heavy atom. The van der Waals surface area contributed by atoms with Crippen molar-refractivity contribution in [3.63, 3.8) is 0 Å². The molecule has 1 aromatic rings. The molecule has 0 aromatic heterocycles. The molecule has 1 amide bonds. The van der Waals surface area contributed by atoms with E-state index >= 15 is 0 Å². The van der Waals surface area contributed by atoms with Crippen molar-refractivity contribution in [3.05, 3.63) is 27.7 Å². The van der Waals surface area contributed by atoms with Crippen molar-refractivity contribution in [2.75, 3.05) is 18.4 Å². The molecule has 1 saturated heterocycles. The first-order valence-corrected chi connectivity index (χ1v) is 7.28. The number of benzene rings is 1. The van der Waals surface area contributed by atoms with E-state index in [1.54, 1.807) is 18.2 Å². The average molecular weight is 332 g/mol. The van der Waals surface area contributed by atoms with Crippen molar-refractivity contribution < 1.29 is 4.79 Å². The summed E-state index contributed by atoms with van der Waals surface area (Å²) in [6, 6.07) is 5.35. The fourth-order valence-corrected chi connectivity index (χ4v) is 2.88. The molecule has 0 radical (unpaired) electrons. The maximum Gasteiger partial charge on any atom is 0.224 e. The van der Waals surface area contributed by atoms with Crippen molar-refractivity contribution in [1.82, 2.24) is 5.32 Å². The zero-order valence-electron chi connectivity index (χ0n) is 10.0. The molecule has 1 aliphatic rings. The van der Waals surface area contributed by atoms with E-state index in [9.17, 15) is 4.79 Å². The highest BCUT2D eigenvalue weighted by Crippen LogP contribution is 2.26. The standard InChI is InChI=1S/C13H16BrClN2O/c14-11-7-10(15)2-3-12(11)17-13(18)4-1-9-5-6-16-8-9/h2-3,7,9,16H,1,4-6,8H2,(H,17,18). The Morgan fingerprint density at radius 3 is 3.06 bits per heavy atom. The molecule has 1 unspecified atom stereocenters. The van der Waals surface area contributed by atoms with Crippen LogP contribution in [0.25, 0.3) is 0 Å². The van der Waals surface area contributed by atoms with E-state index in [0.717, 1.165) is 29.7 Å². The minimum absolute atomic E-state index is 0.0601. The third kappa shape index (κ3) is 3.97. The van der Waals surface area contributed by atoms with Gasteiger partial charge < -0.3 is 10.6 Å². The minimum atomic E-state index is 0.0601. The number of anilines is 1. The van der Waals surface area contributed by atoms with Crippen LogP contribution in [0.3, 0.4) is 0 Å². The van der Waals surface area contributed by atoms with E-state index in [0.29, 0.717) is 17.4 Å². The smallest absolute Gasteiger partial charge is 0.224 e. The van der Waals surface area contributed by atoms with Gasteiger partial charge in [0.25, 0.3) is 0 Å². The molecule has 1 aromatic carbocycles. The van der Waals surface area contributed by atoms with Gasteiger partial charge in [0.05, 0.1) is 5.69 Å². The molecule has 18 heavy (non-hydrogen) atoms. The molecule has 1 atom stereocenters. The maximum atomic E-state index is 11.8. The topological polar surface area (TPSA) is 41.1 Å². The maximum absolute atomic E-state index is 11.8. The minimum Gasteiger partial charge on any atom is -0.325 e. The summed E-state index contributed by atoms with van der Waals surface area (Å²) >= 11 is 9.23. The average Bonchev–Trinajstić information content (AvgIpc) is 2.83. The molecule has 0 aliphatic carbocycles. The second kappa shape index (κ2) is 6.55. The quantitative estimate of drug-likeness (QED) is 0.887. The van der Waals surface area contributed by atoms with Gasteiger partial charge >= 0.3 is 0 Å². The fraction of sp³-hybridized carbons (Fsp3) is 0.462. The highest BCUT2D eigenvalue weighted by atomic mass is 79.9. The van der Waals surface area contributed by atoms with Crippen LogP contribution in [-0.4, -0.2) is 19.0 Å². The molecule has 2 rings (SSSR count). The molecular formula is C13H16BrClN2O. The van der Waals surface area contributed by atoms with Gasteiger partial charge in [-0.3, -0.25) is 4.79 Å². The summed E-state index contributed by atoms with van der Waals surface area (Å²) in [5.74, 6) is 0.703. The Labute approximate surface area is 120 Å². The molecule has 98 valence electrons. The van der Waals surface area contributed by atoms with Crippen LogP contribution < -0.4 is 10.6 Å². The molecule has 0 saturated carbocycles. The summed E-state index contributed by atoms with van der Waals surface area (Å²) < 4.78 is 0.811. The van der Waals surface area contributed by atoms with E-state index < -0.39 is 0 Å². The summed E-state index contributed by atoms with van der Waals surface area (Å²) in [5.41, 5.74) is 0.772. The van der Waals surface area contributed by atoms with Gasteiger partial charge in [0, 0.05) is 15.9 Å². The molecule has 2 N–H and O–H groups in total. The summed E-state index contributed by atoms with van der Waals surface area (Å²) in [4.78, 5) is 11.8. The lowest BCUT2D eigenvalue weighted by Crippen LogP contribution is -2.15. The Morgan fingerprint density at radius 2 is 2.39 bits per heavy atom. The number of rotatable bonds is 4. The van der Waals surface area contributed by atoms with Crippen molar-refractivity contribution in [3.8, 4) is 0 Å². The van der Waals surface area contributed by atoms with Gasteiger partial charge in [-0.25, -0.2) is 0 Å². The lowest BCUT2D eigenvalue weighted by Gasteiger charge is -2.10. The number of hydrogen-bond donors (Lipinski definition) is 2. The van der Waals surface area contributed by atoms with Gasteiger partial charge in [0.2, 0.25) is 5.91 Å². The number of amides is 1. The second-order valence-electron chi connectivity index (χ2n) is 4.57. The van der Waals surface area contributed by atoms with E-state index in [-0.39, 0.29) is 5.91 Å². The van der Waals surface area contributed by atoms with Crippen molar-refractivity contribution in [2.24, 2.45) is 5.92 Å². The third-order valence-electron chi connectivity index (χ3n) is 3.15. The first-order valence-electron chi connectivity index (χ1n) is 6.11. The van der Waals surface area contributed by atoms with Gasteiger partial charge in [-0.05, 0) is 66.0 Å². The van der Waals surface area contributed by atoms with E-state index in [4.69, 9.17) is 11.6 Å². The van der Waals surface area contributed by atoms with Crippen LogP contribution in [0.5, 0.6) is 0 Å². The van der Waals surface area contributed by atoms with Crippen molar-refractivity contribution in [1.29, 1.82) is 0 Å². The Bertz CT molecular complexity index is 433. The molecule has 0 bridgehead atoms. The Balaban J connectivity index is 1.82. The summed E-state index contributed by atoms with van der Waals surface area (Å²) in [6.45, 7) is 2.12. The summed E-state index contributed by atoms with van der Waals surface area (Å²) in [7, 11) is 0. The van der Waals surface area contributed by atoms with Crippen molar-refractivity contribution >= 4 is 39.1 Å². The van der Waals surface area contributed by atoms with Crippen LogP contribution in [0.15, 0.2) is 22.7 Å². The number of carbonyl (C=O) groups excluding carboxylic acids is 1. The number of halogens is 2. The fourth-order valence-electron chi connectivity index (χ4n) is 2.10. The highest BCUT2D eigenvalue weighted by Gasteiger charge is 2.16. The van der Waals surface area contributed by atoms with Gasteiger partial charge in [0.1, 0.15) is 0 Å². The Hall–Kier alpha value is -0.580. The predicted molar refractivity (Wildman–Crippen MR) is 78.0 cm³/mol. The molecule has 0 spiro atoms. The third-order valence-corrected chi connectivity index (χ3v) is 4.04. The Kier molecular flexibility index (Phi) is 5.03. The SMILES string of the molecule is O=C(CCC1CCNC1)Nc1ccc(Cl)cc1Br. The zero-order chi connectivity index (χ0) is 13.0. The number of carbonyl (C=O) groups is 1. The highest BCUT2D eigenvalue weighted by molar-refractivity contribution is 9.10. The molecule has 1 fully saturated rings. The monoisotopic (exact) mass is 330 g/mol. The van der Waals surface area contributed by atoms with Crippen molar-refractivity contribution in [2.45, 2.75) is 19.3 Å². The first kappa shape index (κ1) is 13.8. The second-order valence-corrected chi connectivity index (χ2v) is 5.86. The van der Waals surface area contributed by atoms with Crippen LogP contribution in [0.1, 0.15) is 19.3 Å². The van der Waals surface area contributed by atoms with Crippen LogP contribution in [0.2, 0.25) is 5.02 Å². The van der Waals surface area contributed by atoms with Gasteiger partial charge in [-0.15, -0.1) is 0 Å². The lowest BCUT2D eigenvalue weighted by molar-refractivity contribution is -0.116. The lowest BCUT2D eigenvalue weighted by atomic mass is 10.0. The van der Waals surface area contributed by atoms with Gasteiger partial charge in [0.15, 0.2) is 0 Å². The van der Waals surface area contributed by atoms with Crippen LogP contribution in [-0.2, 0) is 4.79 Å². The van der Waals surface area contributed by atoms with E-state index in [2.05, 4.69) is 26.6 Å².